The summed E-state index contributed by atoms with van der Waals surface area (Å²) in [5.74, 6) is -0.937. The molecule has 0 aromatic heterocycles. The van der Waals surface area contributed by atoms with E-state index < -0.39 is 22.0 Å². The van der Waals surface area contributed by atoms with Crippen molar-refractivity contribution in [2.45, 2.75) is 57.9 Å². The fourth-order valence-corrected chi connectivity index (χ4v) is 7.27. The third kappa shape index (κ3) is 4.03. The molecule has 0 bridgehead atoms. The first kappa shape index (κ1) is 24.4. The summed E-state index contributed by atoms with van der Waals surface area (Å²) in [4.78, 5) is 28.0. The van der Waals surface area contributed by atoms with Crippen LogP contribution in [0.4, 0.5) is 5.69 Å². The van der Waals surface area contributed by atoms with E-state index in [2.05, 4.69) is 0 Å². The highest BCUT2D eigenvalue weighted by atomic mass is 32.2. The minimum Gasteiger partial charge on any atom is -0.467 e. The highest BCUT2D eigenvalue weighted by Gasteiger charge is 2.43. The minimum atomic E-state index is -3.68. The van der Waals surface area contributed by atoms with Crippen LogP contribution in [0.1, 0.15) is 40.7 Å². The molecule has 7 nitrogen and oxygen atoms in total. The van der Waals surface area contributed by atoms with Crippen LogP contribution in [0, 0.1) is 33.6 Å². The number of hydrogen-bond donors (Lipinski definition) is 0. The Labute approximate surface area is 201 Å². The van der Waals surface area contributed by atoms with Gasteiger partial charge in [-0.2, -0.15) is 4.31 Å². The third-order valence-electron chi connectivity index (χ3n) is 7.39. The molecule has 0 saturated carbocycles. The summed E-state index contributed by atoms with van der Waals surface area (Å²) in [6.07, 6.45) is 1.24. The lowest BCUT2D eigenvalue weighted by Gasteiger charge is -2.34. The molecule has 1 fully saturated rings. The Hall–Kier alpha value is -2.71. The molecular formula is C26H32N2O5S. The Kier molecular flexibility index (Phi) is 6.57. The molecule has 2 aliphatic rings. The zero-order chi connectivity index (χ0) is 24.8. The number of amides is 1. The van der Waals surface area contributed by atoms with Crippen molar-refractivity contribution in [2.24, 2.45) is 5.92 Å². The average Bonchev–Trinajstić information content (AvgIpc) is 3.21. The van der Waals surface area contributed by atoms with Gasteiger partial charge in [-0.1, -0.05) is 24.3 Å². The van der Waals surface area contributed by atoms with Crippen molar-refractivity contribution in [3.63, 3.8) is 0 Å². The van der Waals surface area contributed by atoms with Crippen LogP contribution in [0.3, 0.4) is 0 Å². The molecule has 2 aromatic carbocycles. The Balaban J connectivity index is 1.55. The van der Waals surface area contributed by atoms with Crippen LogP contribution in [0.15, 0.2) is 35.2 Å². The molecule has 182 valence electrons. The standard InChI is InChI=1S/C26H32N2O5S/c1-16-14-17(2)19(4)24(18(16)3)34(31,32)27-12-10-20(11-13-27)25(29)28-22-9-7-6-8-21(22)15-23(28)26(30)33-5/h6-9,14,20,23H,10-13,15H2,1-5H3. The van der Waals surface area contributed by atoms with Gasteiger partial charge in [-0.05, 0) is 74.4 Å². The second-order valence-corrected chi connectivity index (χ2v) is 11.2. The number of piperidine rings is 1. The number of esters is 1. The number of aryl methyl sites for hydroxylation is 2. The van der Waals surface area contributed by atoms with Crippen molar-refractivity contribution in [3.8, 4) is 0 Å². The number of hydrogen-bond acceptors (Lipinski definition) is 5. The number of benzene rings is 2. The van der Waals surface area contributed by atoms with Gasteiger partial charge in [-0.3, -0.25) is 9.69 Å². The fourth-order valence-electron chi connectivity index (χ4n) is 5.22. The molecule has 1 saturated heterocycles. The van der Waals surface area contributed by atoms with Gasteiger partial charge >= 0.3 is 5.97 Å². The number of ether oxygens (including phenoxy) is 1. The molecule has 1 atom stereocenters. The van der Waals surface area contributed by atoms with Gasteiger partial charge in [0.25, 0.3) is 0 Å². The number of rotatable bonds is 4. The van der Waals surface area contributed by atoms with Gasteiger partial charge in [0.2, 0.25) is 15.9 Å². The molecule has 8 heteroatoms. The van der Waals surface area contributed by atoms with Crippen LogP contribution in [-0.2, 0) is 30.8 Å². The minimum absolute atomic E-state index is 0.142. The maximum atomic E-state index is 13.6. The Bertz CT molecular complexity index is 1220. The van der Waals surface area contributed by atoms with E-state index in [1.54, 1.807) is 4.90 Å². The number of sulfonamides is 1. The smallest absolute Gasteiger partial charge is 0.329 e. The van der Waals surface area contributed by atoms with E-state index in [1.807, 2.05) is 58.0 Å². The summed E-state index contributed by atoms with van der Waals surface area (Å²) in [6.45, 7) is 8.09. The molecule has 2 aromatic rings. The van der Waals surface area contributed by atoms with E-state index in [-0.39, 0.29) is 24.9 Å². The molecule has 0 radical (unpaired) electrons. The normalized spacial score (nSPS) is 19.2. The first-order valence-corrected chi connectivity index (χ1v) is 13.1. The summed E-state index contributed by atoms with van der Waals surface area (Å²) in [6, 6.07) is 8.84. The summed E-state index contributed by atoms with van der Waals surface area (Å²) >= 11 is 0. The van der Waals surface area contributed by atoms with E-state index >= 15 is 0 Å². The van der Waals surface area contributed by atoms with Gasteiger partial charge in [0.05, 0.1) is 12.0 Å². The SMILES string of the molecule is COC(=O)C1Cc2ccccc2N1C(=O)C1CCN(S(=O)(=O)c2c(C)c(C)cc(C)c2C)CC1. The molecular weight excluding hydrogens is 452 g/mol. The van der Waals surface area contributed by atoms with Gasteiger partial charge in [0.15, 0.2) is 0 Å². The predicted octanol–water partition coefficient (Wildman–Crippen LogP) is 3.45. The Morgan fingerprint density at radius 1 is 0.971 bits per heavy atom. The number of anilines is 1. The maximum absolute atomic E-state index is 13.6. The lowest BCUT2D eigenvalue weighted by atomic mass is 9.96. The van der Waals surface area contributed by atoms with Crippen LogP contribution in [-0.4, -0.2) is 50.8 Å². The molecule has 1 amide bonds. The number of methoxy groups -OCH3 is 1. The van der Waals surface area contributed by atoms with Crippen LogP contribution in [0.2, 0.25) is 0 Å². The van der Waals surface area contributed by atoms with Crippen molar-refractivity contribution >= 4 is 27.6 Å². The van der Waals surface area contributed by atoms with Gasteiger partial charge in [0, 0.05) is 31.1 Å². The largest absolute Gasteiger partial charge is 0.467 e. The fraction of sp³-hybridized carbons (Fsp3) is 0.462. The van der Waals surface area contributed by atoms with Crippen molar-refractivity contribution in [1.29, 1.82) is 0 Å². The highest BCUT2D eigenvalue weighted by Crippen LogP contribution is 2.36. The predicted molar refractivity (Wildman–Crippen MR) is 130 cm³/mol. The molecule has 34 heavy (non-hydrogen) atoms. The molecule has 2 heterocycles. The first-order chi connectivity index (χ1) is 16.1. The second-order valence-electron chi connectivity index (χ2n) is 9.35. The molecule has 0 aliphatic carbocycles. The van der Waals surface area contributed by atoms with Crippen LogP contribution in [0.25, 0.3) is 0 Å². The number of para-hydroxylation sites is 1. The van der Waals surface area contributed by atoms with Gasteiger partial charge in [-0.25, -0.2) is 13.2 Å². The van der Waals surface area contributed by atoms with Gasteiger partial charge in [0.1, 0.15) is 6.04 Å². The number of fused-ring (bicyclic) bond motifs is 1. The van der Waals surface area contributed by atoms with E-state index in [0.717, 1.165) is 33.5 Å². The quantitative estimate of drug-likeness (QED) is 0.621. The van der Waals surface area contributed by atoms with E-state index in [4.69, 9.17) is 4.74 Å². The van der Waals surface area contributed by atoms with Gasteiger partial charge in [-0.15, -0.1) is 0 Å². The van der Waals surface area contributed by atoms with Crippen LogP contribution < -0.4 is 4.90 Å². The van der Waals surface area contributed by atoms with Crippen molar-refractivity contribution in [1.82, 2.24) is 4.31 Å². The van der Waals surface area contributed by atoms with Crippen LogP contribution >= 0.6 is 0 Å². The monoisotopic (exact) mass is 484 g/mol. The molecule has 1 unspecified atom stereocenters. The first-order valence-electron chi connectivity index (χ1n) is 11.6. The van der Waals surface area contributed by atoms with Crippen LogP contribution in [0.5, 0.6) is 0 Å². The van der Waals surface area contributed by atoms with Crippen molar-refractivity contribution in [3.05, 3.63) is 58.1 Å². The lowest BCUT2D eigenvalue weighted by molar-refractivity contribution is -0.143. The molecule has 4 rings (SSSR count). The topological polar surface area (TPSA) is 84.0 Å². The zero-order valence-electron chi connectivity index (χ0n) is 20.4. The second kappa shape index (κ2) is 9.15. The summed E-state index contributed by atoms with van der Waals surface area (Å²) in [5, 5.41) is 0. The van der Waals surface area contributed by atoms with E-state index in [9.17, 15) is 18.0 Å². The molecule has 0 spiro atoms. The molecule has 0 N–H and O–H groups in total. The number of carbonyl (C=O) groups is 2. The summed E-state index contributed by atoms with van der Waals surface area (Å²) < 4.78 is 33.6. The van der Waals surface area contributed by atoms with E-state index in [1.165, 1.54) is 11.4 Å². The Morgan fingerprint density at radius 3 is 2.15 bits per heavy atom. The maximum Gasteiger partial charge on any atom is 0.329 e. The number of nitrogens with zero attached hydrogens (tertiary/aromatic N) is 2. The lowest BCUT2D eigenvalue weighted by Crippen LogP contribution is -2.49. The van der Waals surface area contributed by atoms with E-state index in [0.29, 0.717) is 24.2 Å². The Morgan fingerprint density at radius 2 is 1.56 bits per heavy atom. The van der Waals surface area contributed by atoms with Crippen molar-refractivity contribution in [2.75, 3.05) is 25.1 Å². The summed E-state index contributed by atoms with van der Waals surface area (Å²) in [5.41, 5.74) is 5.12. The van der Waals surface area contributed by atoms with Crippen molar-refractivity contribution < 1.29 is 22.7 Å². The van der Waals surface area contributed by atoms with Gasteiger partial charge < -0.3 is 4.74 Å². The zero-order valence-corrected chi connectivity index (χ0v) is 21.2. The molecule has 2 aliphatic heterocycles. The third-order valence-corrected chi connectivity index (χ3v) is 9.56. The highest BCUT2D eigenvalue weighted by molar-refractivity contribution is 7.89. The number of carbonyl (C=O) groups excluding carboxylic acids is 2. The summed E-state index contributed by atoms with van der Waals surface area (Å²) in [7, 11) is -2.35. The average molecular weight is 485 g/mol.